The van der Waals surface area contributed by atoms with Gasteiger partial charge in [-0.3, -0.25) is 0 Å². The van der Waals surface area contributed by atoms with Crippen LogP contribution in [0.5, 0.6) is 0 Å². The van der Waals surface area contributed by atoms with Crippen LogP contribution in [-0.4, -0.2) is 0 Å². The summed E-state index contributed by atoms with van der Waals surface area (Å²) < 4.78 is 13.6. The Hall–Kier alpha value is -15.1. The third-order valence-electron chi connectivity index (χ3n) is 27.6. The Morgan fingerprint density at radius 2 is 0.567 bits per heavy atom. The van der Waals surface area contributed by atoms with E-state index in [1.54, 1.807) is 0 Å². The molecule has 2 aromatic heterocycles. The van der Waals surface area contributed by atoms with Crippen LogP contribution in [0, 0.1) is 0 Å². The fourth-order valence-corrected chi connectivity index (χ4v) is 20.4. The fourth-order valence-electron chi connectivity index (χ4n) is 20.4. The van der Waals surface area contributed by atoms with Gasteiger partial charge in [-0.25, -0.2) is 0 Å². The molecule has 0 atom stereocenters. The summed E-state index contributed by atoms with van der Waals surface area (Å²) in [5.41, 5.74) is 37.8. The lowest BCUT2D eigenvalue weighted by molar-refractivity contribution is 0.517. The zero-order valence-corrected chi connectivity index (χ0v) is 79.2. The maximum atomic E-state index is 7.14. The van der Waals surface area contributed by atoms with Crippen molar-refractivity contribution in [2.24, 2.45) is 0 Å². The largest absolute Gasteiger partial charge is 0.456 e. The van der Waals surface area contributed by atoms with Crippen LogP contribution in [0.1, 0.15) is 130 Å². The number of furan rings is 2. The van der Waals surface area contributed by atoms with Gasteiger partial charge in [-0.1, -0.05) is 418 Å². The quantitative estimate of drug-likeness (QED) is 0.0857. The number of rotatable bonds is 18. The van der Waals surface area contributed by atoms with Gasteiger partial charge < -0.3 is 18.6 Å². The molecule has 0 saturated heterocycles. The van der Waals surface area contributed by atoms with E-state index in [1.807, 2.05) is 6.07 Å². The highest BCUT2D eigenvalue weighted by Gasteiger charge is 2.31. The first-order valence-electron chi connectivity index (χ1n) is 47.4. The van der Waals surface area contributed by atoms with Crippen LogP contribution in [-0.2, 0) is 33.5 Å². The molecule has 0 aliphatic rings. The second-order valence-corrected chi connectivity index (χ2v) is 41.4. The summed E-state index contributed by atoms with van der Waals surface area (Å²) in [5.74, 6) is 0. The normalized spacial score (nSPS) is 12.3. The molecule has 0 amide bonds. The Labute approximate surface area is 789 Å². The Morgan fingerprint density at radius 3 is 1.07 bits per heavy atom. The number of fused-ring (bicyclic) bond motifs is 8. The van der Waals surface area contributed by atoms with Gasteiger partial charge in [-0.05, 0) is 268 Å². The van der Waals surface area contributed by atoms with Crippen LogP contribution in [0.4, 0.5) is 34.1 Å². The molecule has 0 N–H and O–H groups in total. The minimum atomic E-state index is -0.329. The van der Waals surface area contributed by atoms with E-state index >= 15 is 0 Å². The number of anilines is 6. The summed E-state index contributed by atoms with van der Waals surface area (Å²) in [4.78, 5) is 4.94. The van der Waals surface area contributed by atoms with E-state index in [-0.39, 0.29) is 27.1 Å². The van der Waals surface area contributed by atoms with Gasteiger partial charge in [0.05, 0.1) is 11.4 Å². The number of hydrogen-bond acceptors (Lipinski definition) is 4. The smallest absolute Gasteiger partial charge is 0.136 e. The summed E-state index contributed by atoms with van der Waals surface area (Å²) in [6.45, 7) is 32.7. The Morgan fingerprint density at radius 1 is 0.194 bits per heavy atom. The van der Waals surface area contributed by atoms with Crippen LogP contribution in [0.2, 0.25) is 0 Å². The molecular formula is C130H112N2O2. The summed E-state index contributed by atoms with van der Waals surface area (Å²) in [6.07, 6.45) is 0.772. The van der Waals surface area contributed by atoms with Gasteiger partial charge in [0.15, 0.2) is 0 Å². The molecule has 0 spiro atoms. The molecule has 2 heterocycles. The van der Waals surface area contributed by atoms with Crippen LogP contribution in [0.3, 0.4) is 0 Å². The van der Waals surface area contributed by atoms with Gasteiger partial charge in [0.2, 0.25) is 0 Å². The van der Waals surface area contributed by atoms with Crippen LogP contribution >= 0.6 is 0 Å². The summed E-state index contributed by atoms with van der Waals surface area (Å²) in [6, 6.07) is 154. The minimum absolute atomic E-state index is 0.0292. The van der Waals surface area contributed by atoms with Crippen molar-refractivity contribution in [3.05, 3.63) is 446 Å². The van der Waals surface area contributed by atoms with Crippen molar-refractivity contribution in [2.75, 3.05) is 9.80 Å². The average molecular weight is 1730 g/mol. The lowest BCUT2D eigenvalue weighted by atomic mass is 9.75. The molecule has 0 aliphatic carbocycles. The molecule has 0 saturated carbocycles. The van der Waals surface area contributed by atoms with Gasteiger partial charge in [-0.2, -0.15) is 0 Å². The van der Waals surface area contributed by atoms with Crippen molar-refractivity contribution in [1.82, 2.24) is 0 Å². The molecular weight excluding hydrogens is 1620 g/mol. The van der Waals surface area contributed by atoms with Crippen molar-refractivity contribution in [2.45, 2.75) is 130 Å². The molecule has 21 rings (SSSR count). The lowest BCUT2D eigenvalue weighted by Crippen LogP contribution is -2.22. The maximum Gasteiger partial charge on any atom is 0.136 e. The van der Waals surface area contributed by atoms with Crippen LogP contribution < -0.4 is 9.80 Å². The van der Waals surface area contributed by atoms with E-state index < -0.39 is 0 Å². The topological polar surface area (TPSA) is 32.8 Å². The molecule has 21 aromatic rings. The Kier molecular flexibility index (Phi) is 21.7. The van der Waals surface area contributed by atoms with E-state index in [2.05, 4.69) is 513 Å². The van der Waals surface area contributed by atoms with Gasteiger partial charge in [-0.15, -0.1) is 0 Å². The molecule has 654 valence electrons. The van der Waals surface area contributed by atoms with E-state index in [9.17, 15) is 0 Å². The predicted octanol–water partition coefficient (Wildman–Crippen LogP) is 37.4. The van der Waals surface area contributed by atoms with Crippen molar-refractivity contribution in [1.29, 1.82) is 0 Å². The van der Waals surface area contributed by atoms with E-state index in [0.29, 0.717) is 0 Å². The second-order valence-electron chi connectivity index (χ2n) is 41.4. The monoisotopic (exact) mass is 1730 g/mol. The second kappa shape index (κ2) is 33.9. The molecule has 0 radical (unpaired) electrons. The summed E-state index contributed by atoms with van der Waals surface area (Å²) >= 11 is 0. The molecule has 4 nitrogen and oxygen atoms in total. The highest BCUT2D eigenvalue weighted by atomic mass is 16.3. The van der Waals surface area contributed by atoms with Crippen molar-refractivity contribution < 1.29 is 8.83 Å². The molecule has 4 heteroatoms. The zero-order chi connectivity index (χ0) is 92.1. The SMILES string of the molecule is CC(C)(C)c1ccc(N(c2cccc(-c3cccc4oc5ccccc5c34)c2)c2ccccc2-c2cccc3cccc(-c4cc(C(C)(C)C)cc(C(C)(C)Cc5ccc6c(c5)oc5cccc(-c7cccc(N(c8ccc(-c9ccc(-c%10ccccc%10)c(-c%10ccccc%10)c9)cc8)c8ccccc8-c8cccc9cccc(-c%10cc(C(C)(C)C)cc(C(C)(C)C)c%10)c89)c7)c56)c4)c23)cc1. The third kappa shape index (κ3) is 16.2. The van der Waals surface area contributed by atoms with Gasteiger partial charge in [0, 0.05) is 55.4 Å². The molecule has 0 bridgehead atoms. The van der Waals surface area contributed by atoms with Crippen molar-refractivity contribution in [3.8, 4) is 100 Å². The zero-order valence-electron chi connectivity index (χ0n) is 79.2. The number of nitrogens with zero attached hydrogens (tertiary/aromatic N) is 2. The molecule has 134 heavy (non-hydrogen) atoms. The van der Waals surface area contributed by atoms with E-state index in [1.165, 1.54) is 105 Å². The molecule has 19 aromatic carbocycles. The van der Waals surface area contributed by atoms with Crippen LogP contribution in [0.15, 0.2) is 421 Å². The number of para-hydroxylation sites is 3. The number of hydrogen-bond donors (Lipinski definition) is 0. The summed E-state index contributed by atoms with van der Waals surface area (Å²) in [5, 5.41) is 9.21. The number of benzene rings is 19. The fraction of sp³-hybridized carbons (Fsp3) is 0.154. The van der Waals surface area contributed by atoms with Gasteiger partial charge in [0.1, 0.15) is 22.3 Å². The summed E-state index contributed by atoms with van der Waals surface area (Å²) in [7, 11) is 0. The third-order valence-corrected chi connectivity index (χ3v) is 27.6. The first kappa shape index (κ1) is 85.7. The van der Waals surface area contributed by atoms with Crippen LogP contribution in [0.25, 0.3) is 166 Å². The van der Waals surface area contributed by atoms with Gasteiger partial charge >= 0.3 is 0 Å². The molecule has 0 fully saturated rings. The highest BCUT2D eigenvalue weighted by molar-refractivity contribution is 6.16. The average Bonchev–Trinajstić information content (AvgIpc) is 1.69. The standard InChI is InChI=1S/C130H112N2O2/c1-126(2,3)95-65-69-101(70-66-95)132(103-46-27-43-91(78-103)105-52-33-59-119-124(105)113-49-23-26-58-118(113)133-119)117-57-25-22-48-110(117)112-55-32-42-89-40-30-51-108(123(89)112)94-76-98(129(10,11)12)82-99(77-94)130(13,14)83-84-61-71-114-121(73-84)134-120-60-34-53-106(125(114)120)92-44-28-45-102(79-92)131(100-67-62-85(63-68-100)90-64-72-104(86-35-17-15-18-36-86)115(80-90)87-37-19-16-20-38-87)116-56-24-21-47-109(116)111-54-31-41-88-39-29-50-107(122(88)111)93-74-96(127(4,5)6)81-97(75-93)128(7,8)9/h15-82H,83H2,1-14H3. The van der Waals surface area contributed by atoms with Crippen molar-refractivity contribution in [3.63, 3.8) is 0 Å². The predicted molar refractivity (Wildman–Crippen MR) is 572 cm³/mol. The van der Waals surface area contributed by atoms with Crippen molar-refractivity contribution >= 4 is 99.5 Å². The highest BCUT2D eigenvalue weighted by Crippen LogP contribution is 2.52. The van der Waals surface area contributed by atoms with Gasteiger partial charge in [0.25, 0.3) is 0 Å². The molecule has 0 unspecified atom stereocenters. The molecule has 0 aliphatic heterocycles. The minimum Gasteiger partial charge on any atom is -0.456 e. The maximum absolute atomic E-state index is 7.14. The lowest BCUT2D eigenvalue weighted by Gasteiger charge is -2.30. The first-order chi connectivity index (χ1) is 64.7. The van der Waals surface area contributed by atoms with E-state index in [4.69, 9.17) is 8.83 Å². The Bertz CT molecular complexity index is 8030. The van der Waals surface area contributed by atoms with E-state index in [0.717, 1.165) is 134 Å². The first-order valence-corrected chi connectivity index (χ1v) is 47.4. The Balaban J connectivity index is 0.647.